The molecule has 0 saturated carbocycles. The van der Waals surface area contributed by atoms with Gasteiger partial charge in [-0.05, 0) is 18.8 Å². The minimum Gasteiger partial charge on any atom is -0.548 e. The molecule has 10 heteroatoms. The van der Waals surface area contributed by atoms with E-state index in [0.717, 1.165) is 12.8 Å². The monoisotopic (exact) mass is 309 g/mol. The smallest absolute Gasteiger partial charge is 0.353 e. The lowest BCUT2D eigenvalue weighted by molar-refractivity contribution is -0.383. The van der Waals surface area contributed by atoms with Crippen LogP contribution in [0.1, 0.15) is 19.8 Å². The van der Waals surface area contributed by atoms with Crippen molar-refractivity contribution >= 4 is 29.2 Å². The first kappa shape index (κ1) is 15.7. The average Bonchev–Trinajstić information content (AvgIpc) is 2.44. The number of aliphatic carboxylic acids is 1. The van der Waals surface area contributed by atoms with Crippen LogP contribution in [-0.4, -0.2) is 40.5 Å². The first-order valence-electron chi connectivity index (χ1n) is 6.89. The molecule has 3 N–H and O–H groups in total. The van der Waals surface area contributed by atoms with E-state index in [1.165, 1.54) is 0 Å². The van der Waals surface area contributed by atoms with Crippen molar-refractivity contribution in [3.8, 4) is 0 Å². The normalized spacial score (nSPS) is 18.0. The Kier molecular flexibility index (Phi) is 4.59. The fraction of sp³-hybridized carbons (Fsp3) is 0.583. The van der Waals surface area contributed by atoms with Crippen molar-refractivity contribution in [3.05, 3.63) is 10.1 Å². The summed E-state index contributed by atoms with van der Waals surface area (Å²) in [6.07, 6.45) is 1.94. The number of carboxylic acid groups (broad SMARTS) is 1. The van der Waals surface area contributed by atoms with E-state index in [2.05, 4.69) is 22.2 Å². The highest BCUT2D eigenvalue weighted by Crippen LogP contribution is 2.34. The number of rotatable bonds is 5. The number of anilines is 3. The van der Waals surface area contributed by atoms with E-state index in [9.17, 15) is 20.0 Å². The number of aromatic nitrogens is 2. The largest absolute Gasteiger partial charge is 0.548 e. The van der Waals surface area contributed by atoms with Gasteiger partial charge in [-0.3, -0.25) is 10.1 Å². The van der Waals surface area contributed by atoms with Crippen molar-refractivity contribution in [2.24, 2.45) is 5.92 Å². The number of nitrogen functional groups attached to an aromatic ring is 1. The molecule has 120 valence electrons. The third-order valence-corrected chi connectivity index (χ3v) is 3.42. The maximum atomic E-state index is 11.2. The van der Waals surface area contributed by atoms with Gasteiger partial charge in [-0.15, -0.1) is 0 Å². The summed E-state index contributed by atoms with van der Waals surface area (Å²) < 4.78 is 0. The Hall–Kier alpha value is -2.65. The Bertz CT molecular complexity index is 593. The molecule has 0 aromatic carbocycles. The first-order chi connectivity index (χ1) is 10.4. The van der Waals surface area contributed by atoms with Crippen molar-refractivity contribution in [2.45, 2.75) is 19.8 Å². The van der Waals surface area contributed by atoms with E-state index in [1.807, 2.05) is 0 Å². The molecule has 10 nitrogen and oxygen atoms in total. The Morgan fingerprint density at radius 3 is 2.86 bits per heavy atom. The lowest BCUT2D eigenvalue weighted by atomic mass is 10.0. The van der Waals surface area contributed by atoms with Gasteiger partial charge in [0.1, 0.15) is 0 Å². The van der Waals surface area contributed by atoms with Gasteiger partial charge in [-0.25, -0.2) is 0 Å². The van der Waals surface area contributed by atoms with E-state index in [-0.39, 0.29) is 23.3 Å². The number of nitrogens with two attached hydrogens (primary N) is 1. The summed E-state index contributed by atoms with van der Waals surface area (Å²) in [5.41, 5.74) is 5.29. The fourth-order valence-electron chi connectivity index (χ4n) is 2.47. The van der Waals surface area contributed by atoms with Gasteiger partial charge < -0.3 is 25.9 Å². The van der Waals surface area contributed by atoms with Gasteiger partial charge in [-0.2, -0.15) is 9.97 Å². The standard InChI is InChI=1S/C12H18N6O4/c1-7-3-2-4-17(6-7)11-9(18(21)22)10(13)15-12(16-11)14-5-8(19)20/h7H,2-6H2,1H3,(H,19,20)(H3,13,14,15,16)/p-1/t7-/m1/s1. The number of carbonyl (C=O) groups excluding carboxylic acids is 1. The van der Waals surface area contributed by atoms with Gasteiger partial charge in [0.15, 0.2) is 0 Å². The molecular formula is C12H17N6O4-. The summed E-state index contributed by atoms with van der Waals surface area (Å²) in [6, 6.07) is 0. The van der Waals surface area contributed by atoms with Gasteiger partial charge in [0.2, 0.25) is 17.6 Å². The number of hydrogen-bond donors (Lipinski definition) is 2. The van der Waals surface area contributed by atoms with Crippen LogP contribution in [-0.2, 0) is 4.79 Å². The Labute approximate surface area is 126 Å². The van der Waals surface area contributed by atoms with Crippen LogP contribution < -0.4 is 21.1 Å². The lowest BCUT2D eigenvalue weighted by Gasteiger charge is -2.31. The summed E-state index contributed by atoms with van der Waals surface area (Å²) in [4.78, 5) is 30.7. The van der Waals surface area contributed by atoms with E-state index >= 15 is 0 Å². The van der Waals surface area contributed by atoms with Gasteiger partial charge in [0.25, 0.3) is 0 Å². The molecule has 2 rings (SSSR count). The summed E-state index contributed by atoms with van der Waals surface area (Å²) in [5, 5.41) is 24.2. The van der Waals surface area contributed by atoms with Crippen molar-refractivity contribution in [1.82, 2.24) is 9.97 Å². The number of nitro groups is 1. The van der Waals surface area contributed by atoms with Gasteiger partial charge in [-0.1, -0.05) is 6.92 Å². The molecule has 1 aliphatic heterocycles. The van der Waals surface area contributed by atoms with Crippen molar-refractivity contribution < 1.29 is 14.8 Å². The van der Waals surface area contributed by atoms with Gasteiger partial charge in [0.05, 0.1) is 17.4 Å². The second kappa shape index (κ2) is 6.41. The molecule has 1 fully saturated rings. The highest BCUT2D eigenvalue weighted by molar-refractivity contribution is 5.73. The van der Waals surface area contributed by atoms with Crippen LogP contribution in [0.5, 0.6) is 0 Å². The molecule has 0 radical (unpaired) electrons. The third-order valence-electron chi connectivity index (χ3n) is 3.42. The molecule has 2 heterocycles. The van der Waals surface area contributed by atoms with E-state index in [1.54, 1.807) is 4.90 Å². The number of hydrogen-bond acceptors (Lipinski definition) is 9. The highest BCUT2D eigenvalue weighted by atomic mass is 16.6. The second-order valence-corrected chi connectivity index (χ2v) is 5.28. The molecule has 1 aromatic rings. The van der Waals surface area contributed by atoms with Crippen molar-refractivity contribution in [3.63, 3.8) is 0 Å². The highest BCUT2D eigenvalue weighted by Gasteiger charge is 2.29. The molecule has 0 bridgehead atoms. The van der Waals surface area contributed by atoms with Crippen LogP contribution in [0.2, 0.25) is 0 Å². The Morgan fingerprint density at radius 1 is 1.55 bits per heavy atom. The molecule has 22 heavy (non-hydrogen) atoms. The molecule has 1 aromatic heterocycles. The molecular weight excluding hydrogens is 292 g/mol. The number of nitrogens with one attached hydrogen (secondary N) is 1. The van der Waals surface area contributed by atoms with Crippen LogP contribution in [0.25, 0.3) is 0 Å². The molecule has 1 aliphatic rings. The van der Waals surface area contributed by atoms with E-state index in [0.29, 0.717) is 19.0 Å². The zero-order chi connectivity index (χ0) is 16.3. The first-order valence-corrected chi connectivity index (χ1v) is 6.89. The van der Waals surface area contributed by atoms with Crippen LogP contribution in [0.4, 0.5) is 23.3 Å². The number of nitrogens with zero attached hydrogens (tertiary/aromatic N) is 4. The van der Waals surface area contributed by atoms with Gasteiger partial charge >= 0.3 is 5.69 Å². The predicted octanol–water partition coefficient (Wildman–Crippen LogP) is -0.635. The number of carbonyl (C=O) groups is 1. The SMILES string of the molecule is C[C@@H]1CCCN(c2nc(NCC(=O)[O-])nc(N)c2[N+](=O)[O-])C1. The Morgan fingerprint density at radius 2 is 2.27 bits per heavy atom. The minimum atomic E-state index is -1.34. The molecule has 0 spiro atoms. The maximum Gasteiger partial charge on any atom is 0.353 e. The minimum absolute atomic E-state index is 0.0690. The number of carboxylic acids is 1. The summed E-state index contributed by atoms with van der Waals surface area (Å²) in [5.74, 6) is -1.21. The average molecular weight is 309 g/mol. The van der Waals surface area contributed by atoms with E-state index < -0.39 is 17.4 Å². The van der Waals surface area contributed by atoms with Crippen LogP contribution in [0, 0.1) is 16.0 Å². The van der Waals surface area contributed by atoms with Gasteiger partial charge in [0, 0.05) is 13.1 Å². The molecule has 0 amide bonds. The quantitative estimate of drug-likeness (QED) is 0.534. The van der Waals surface area contributed by atoms with Crippen LogP contribution in [0.3, 0.4) is 0 Å². The second-order valence-electron chi connectivity index (χ2n) is 5.28. The zero-order valence-corrected chi connectivity index (χ0v) is 12.1. The molecule has 1 atom stereocenters. The summed E-state index contributed by atoms with van der Waals surface area (Å²) >= 11 is 0. The molecule has 0 unspecified atom stereocenters. The number of piperidine rings is 1. The molecule has 0 aliphatic carbocycles. The zero-order valence-electron chi connectivity index (χ0n) is 12.1. The van der Waals surface area contributed by atoms with Crippen molar-refractivity contribution in [2.75, 3.05) is 35.6 Å². The predicted molar refractivity (Wildman–Crippen MR) is 77.2 cm³/mol. The summed E-state index contributed by atoms with van der Waals surface area (Å²) in [6.45, 7) is 2.80. The third kappa shape index (κ3) is 3.51. The van der Waals surface area contributed by atoms with Crippen LogP contribution >= 0.6 is 0 Å². The molecule has 1 saturated heterocycles. The van der Waals surface area contributed by atoms with Crippen LogP contribution in [0.15, 0.2) is 0 Å². The lowest BCUT2D eigenvalue weighted by Crippen LogP contribution is -2.36. The van der Waals surface area contributed by atoms with E-state index in [4.69, 9.17) is 5.73 Å². The Balaban J connectivity index is 2.38. The topological polar surface area (TPSA) is 150 Å². The summed E-state index contributed by atoms with van der Waals surface area (Å²) in [7, 11) is 0. The fourth-order valence-corrected chi connectivity index (χ4v) is 2.47. The maximum absolute atomic E-state index is 11.2. The van der Waals surface area contributed by atoms with Crippen molar-refractivity contribution in [1.29, 1.82) is 0 Å².